The Morgan fingerprint density at radius 2 is 1.76 bits per heavy atom. The fourth-order valence-corrected chi connectivity index (χ4v) is 2.86. The molecule has 1 aliphatic rings. The van der Waals surface area contributed by atoms with Gasteiger partial charge in [-0.3, -0.25) is 4.79 Å². The molecule has 4 heteroatoms. The van der Waals surface area contributed by atoms with Crippen LogP contribution in [0.3, 0.4) is 0 Å². The number of esters is 1. The molecule has 1 rings (SSSR count). The second kappa shape index (κ2) is 4.94. The molecule has 0 aliphatic heterocycles. The Morgan fingerprint density at radius 1 is 1.24 bits per heavy atom. The Balaban J connectivity index is 2.52. The molecule has 0 heterocycles. The molecule has 98 valence electrons. The highest BCUT2D eigenvalue weighted by molar-refractivity contribution is 6.74. The highest BCUT2D eigenvalue weighted by Gasteiger charge is 2.39. The summed E-state index contributed by atoms with van der Waals surface area (Å²) in [7, 11) is -1.73. The molecule has 0 saturated carbocycles. The minimum absolute atomic E-state index is 0.0974. The summed E-state index contributed by atoms with van der Waals surface area (Å²) in [6.45, 7) is 12.6. The van der Waals surface area contributed by atoms with Crippen LogP contribution in [0.5, 0.6) is 0 Å². The van der Waals surface area contributed by atoms with Crippen LogP contribution in [0, 0.1) is 0 Å². The van der Waals surface area contributed by atoms with Gasteiger partial charge in [0.15, 0.2) is 8.32 Å². The Labute approximate surface area is 105 Å². The topological polar surface area (TPSA) is 35.5 Å². The average molecular weight is 256 g/mol. The fourth-order valence-electron chi connectivity index (χ4n) is 1.58. The Morgan fingerprint density at radius 3 is 2.24 bits per heavy atom. The van der Waals surface area contributed by atoms with Gasteiger partial charge in [-0.1, -0.05) is 26.8 Å². The van der Waals surface area contributed by atoms with Gasteiger partial charge in [-0.15, -0.1) is 0 Å². The first-order valence-corrected chi connectivity index (χ1v) is 9.06. The van der Waals surface area contributed by atoms with Crippen molar-refractivity contribution in [3.05, 3.63) is 12.2 Å². The molecule has 0 saturated heterocycles. The zero-order valence-electron chi connectivity index (χ0n) is 11.7. The van der Waals surface area contributed by atoms with Gasteiger partial charge in [-0.25, -0.2) is 0 Å². The maximum absolute atomic E-state index is 10.9. The van der Waals surface area contributed by atoms with E-state index in [2.05, 4.69) is 33.9 Å². The number of carbonyl (C=O) groups excluding carboxylic acids is 1. The molecule has 0 aromatic carbocycles. The molecular weight excluding hydrogens is 232 g/mol. The lowest BCUT2D eigenvalue weighted by molar-refractivity contribution is -0.144. The molecule has 0 aromatic heterocycles. The standard InChI is InChI=1S/C13H24O3Si/c1-10(14)15-11-7-8-12(9-11)16-17(5,6)13(2,3)4/h7-8,11-12H,9H2,1-6H3/t11-,12?/m1/s1. The van der Waals surface area contributed by atoms with Crippen LogP contribution in [-0.4, -0.2) is 26.5 Å². The molecular formula is C13H24O3Si. The van der Waals surface area contributed by atoms with E-state index >= 15 is 0 Å². The van der Waals surface area contributed by atoms with E-state index in [0.29, 0.717) is 0 Å². The summed E-state index contributed by atoms with van der Waals surface area (Å²) in [5.74, 6) is -0.229. The minimum Gasteiger partial charge on any atom is -0.458 e. The maximum Gasteiger partial charge on any atom is 0.303 e. The van der Waals surface area contributed by atoms with E-state index in [0.717, 1.165) is 6.42 Å². The molecule has 0 bridgehead atoms. The predicted octanol–water partition coefficient (Wildman–Crippen LogP) is 3.27. The summed E-state index contributed by atoms with van der Waals surface area (Å²) in [5, 5.41) is 0.209. The van der Waals surface area contributed by atoms with Crippen LogP contribution in [0.25, 0.3) is 0 Å². The van der Waals surface area contributed by atoms with Crippen molar-refractivity contribution in [2.45, 2.75) is 64.5 Å². The van der Waals surface area contributed by atoms with Crippen LogP contribution in [0.4, 0.5) is 0 Å². The molecule has 0 N–H and O–H groups in total. The highest BCUT2D eigenvalue weighted by atomic mass is 28.4. The van der Waals surface area contributed by atoms with E-state index < -0.39 is 8.32 Å². The van der Waals surface area contributed by atoms with Gasteiger partial charge in [0, 0.05) is 13.3 Å². The summed E-state index contributed by atoms with van der Waals surface area (Å²) in [6, 6.07) is 0. The molecule has 0 amide bonds. The van der Waals surface area contributed by atoms with Crippen molar-refractivity contribution in [1.29, 1.82) is 0 Å². The van der Waals surface area contributed by atoms with Gasteiger partial charge in [-0.05, 0) is 24.2 Å². The van der Waals surface area contributed by atoms with Crippen molar-refractivity contribution in [3.8, 4) is 0 Å². The molecule has 3 nitrogen and oxygen atoms in total. The quantitative estimate of drug-likeness (QED) is 0.442. The van der Waals surface area contributed by atoms with Crippen LogP contribution in [0.15, 0.2) is 12.2 Å². The lowest BCUT2D eigenvalue weighted by atomic mass is 10.2. The third kappa shape index (κ3) is 3.96. The van der Waals surface area contributed by atoms with Crippen LogP contribution in [0.1, 0.15) is 34.1 Å². The molecule has 0 spiro atoms. The zero-order valence-corrected chi connectivity index (χ0v) is 12.7. The van der Waals surface area contributed by atoms with Gasteiger partial charge in [0.1, 0.15) is 6.10 Å². The first kappa shape index (κ1) is 14.4. The predicted molar refractivity (Wildman–Crippen MR) is 71.4 cm³/mol. The number of rotatable bonds is 3. The van der Waals surface area contributed by atoms with E-state index in [4.69, 9.17) is 9.16 Å². The van der Waals surface area contributed by atoms with Crippen molar-refractivity contribution in [2.24, 2.45) is 0 Å². The minimum atomic E-state index is -1.73. The summed E-state index contributed by atoms with van der Waals surface area (Å²) >= 11 is 0. The first-order chi connectivity index (χ1) is 7.62. The molecule has 17 heavy (non-hydrogen) atoms. The summed E-state index contributed by atoms with van der Waals surface area (Å²) < 4.78 is 11.4. The number of ether oxygens (including phenoxy) is 1. The third-order valence-electron chi connectivity index (χ3n) is 3.57. The SMILES string of the molecule is CC(=O)O[C@@H]1C=CC(O[Si](C)(C)C(C)(C)C)C1. The lowest BCUT2D eigenvalue weighted by Crippen LogP contribution is -2.43. The van der Waals surface area contributed by atoms with Crippen LogP contribution < -0.4 is 0 Å². The van der Waals surface area contributed by atoms with E-state index in [1.807, 2.05) is 12.2 Å². The fraction of sp³-hybridized carbons (Fsp3) is 0.769. The van der Waals surface area contributed by atoms with E-state index in [9.17, 15) is 4.79 Å². The highest BCUT2D eigenvalue weighted by Crippen LogP contribution is 2.38. The summed E-state index contributed by atoms with van der Waals surface area (Å²) in [6.07, 6.45) is 4.70. The number of hydrogen-bond acceptors (Lipinski definition) is 3. The monoisotopic (exact) mass is 256 g/mol. The third-order valence-corrected chi connectivity index (χ3v) is 8.08. The van der Waals surface area contributed by atoms with E-state index in [1.54, 1.807) is 0 Å². The van der Waals surface area contributed by atoms with Crippen LogP contribution in [-0.2, 0) is 14.0 Å². The maximum atomic E-state index is 10.9. The van der Waals surface area contributed by atoms with Gasteiger partial charge in [0.2, 0.25) is 0 Å². The largest absolute Gasteiger partial charge is 0.458 e. The smallest absolute Gasteiger partial charge is 0.303 e. The van der Waals surface area contributed by atoms with E-state index in [-0.39, 0.29) is 23.2 Å². The summed E-state index contributed by atoms with van der Waals surface area (Å²) in [5.41, 5.74) is 0. The van der Waals surface area contributed by atoms with Crippen molar-refractivity contribution in [3.63, 3.8) is 0 Å². The van der Waals surface area contributed by atoms with Gasteiger partial charge in [-0.2, -0.15) is 0 Å². The van der Waals surface area contributed by atoms with Crippen molar-refractivity contribution in [1.82, 2.24) is 0 Å². The van der Waals surface area contributed by atoms with Gasteiger partial charge in [0.25, 0.3) is 0 Å². The van der Waals surface area contributed by atoms with Crippen LogP contribution in [0.2, 0.25) is 18.1 Å². The molecule has 0 aromatic rings. The molecule has 0 fully saturated rings. The molecule has 0 radical (unpaired) electrons. The van der Waals surface area contributed by atoms with Crippen LogP contribution >= 0.6 is 0 Å². The van der Waals surface area contributed by atoms with Gasteiger partial charge in [0.05, 0.1) is 6.10 Å². The Bertz CT molecular complexity index is 315. The lowest BCUT2D eigenvalue weighted by Gasteiger charge is -2.38. The Hall–Kier alpha value is -0.613. The van der Waals surface area contributed by atoms with Crippen molar-refractivity contribution < 1.29 is 14.0 Å². The van der Waals surface area contributed by atoms with Gasteiger partial charge < -0.3 is 9.16 Å². The molecule has 2 atom stereocenters. The second-order valence-corrected chi connectivity index (χ2v) is 10.9. The van der Waals surface area contributed by atoms with Gasteiger partial charge >= 0.3 is 5.97 Å². The van der Waals surface area contributed by atoms with Crippen molar-refractivity contribution >= 4 is 14.3 Å². The Kier molecular flexibility index (Phi) is 4.20. The van der Waals surface area contributed by atoms with Crippen molar-refractivity contribution in [2.75, 3.05) is 0 Å². The number of carbonyl (C=O) groups is 1. The number of hydrogen-bond donors (Lipinski definition) is 0. The second-order valence-electron chi connectivity index (χ2n) is 6.19. The normalized spacial score (nSPS) is 25.1. The molecule has 1 unspecified atom stereocenters. The average Bonchev–Trinajstić information content (AvgIpc) is 2.48. The van der Waals surface area contributed by atoms with E-state index in [1.165, 1.54) is 6.92 Å². The molecule has 1 aliphatic carbocycles. The summed E-state index contributed by atoms with van der Waals surface area (Å²) in [4.78, 5) is 10.9. The zero-order chi connectivity index (χ0) is 13.3. The first-order valence-electron chi connectivity index (χ1n) is 6.15.